The molecule has 0 aliphatic rings. The summed E-state index contributed by atoms with van der Waals surface area (Å²) in [6.07, 6.45) is 0. The van der Waals surface area contributed by atoms with Gasteiger partial charge in [-0.15, -0.1) is 0 Å². The second-order valence-electron chi connectivity index (χ2n) is 8.76. The molecule has 0 heterocycles. The Balaban J connectivity index is 5.93. The first-order chi connectivity index (χ1) is 8.20. The molecule has 0 amide bonds. The van der Waals surface area contributed by atoms with E-state index in [4.69, 9.17) is 0 Å². The molecule has 0 fully saturated rings. The van der Waals surface area contributed by atoms with Crippen molar-refractivity contribution in [2.24, 2.45) is 0 Å². The van der Waals surface area contributed by atoms with Gasteiger partial charge in [0.05, 0.1) is 0 Å². The first kappa shape index (κ1) is 20.2. The van der Waals surface area contributed by atoms with Gasteiger partial charge in [0, 0.05) is 0 Å². The van der Waals surface area contributed by atoms with Crippen LogP contribution in [0.1, 0.15) is 41.5 Å². The molecular weight excluding hydrogens is 339 g/mol. The molecule has 0 aromatic carbocycles. The SMILES string of the molecule is CC(C)[Si](C)(C)[As]([Si](C)(C)C(C)C)[Si](C)(C)C(C)C. The quantitative estimate of drug-likeness (QED) is 0.492. The van der Waals surface area contributed by atoms with Gasteiger partial charge in [0.25, 0.3) is 0 Å². The molecule has 0 aliphatic carbocycles. The molecule has 0 aliphatic heterocycles. The molecule has 0 unspecified atom stereocenters. The van der Waals surface area contributed by atoms with Crippen molar-refractivity contribution in [3.63, 3.8) is 0 Å². The van der Waals surface area contributed by atoms with Crippen molar-refractivity contribution in [1.29, 1.82) is 0 Å². The second-order valence-corrected chi connectivity index (χ2v) is 59.3. The van der Waals surface area contributed by atoms with Gasteiger partial charge in [0.1, 0.15) is 0 Å². The predicted molar refractivity (Wildman–Crippen MR) is 103 cm³/mol. The number of rotatable bonds is 6. The summed E-state index contributed by atoms with van der Waals surface area (Å²) in [5.74, 6) is 0. The Morgan fingerprint density at radius 2 is 0.632 bits per heavy atom. The molecule has 0 bridgehead atoms. The molecule has 0 radical (unpaired) electrons. The van der Waals surface area contributed by atoms with Gasteiger partial charge in [-0.25, -0.2) is 0 Å². The van der Waals surface area contributed by atoms with E-state index in [9.17, 15) is 0 Å². The first-order valence-corrected chi connectivity index (χ1v) is 25.5. The van der Waals surface area contributed by atoms with E-state index in [1.165, 1.54) is 0 Å². The topological polar surface area (TPSA) is 0 Å². The molecule has 0 aromatic heterocycles. The van der Waals surface area contributed by atoms with Crippen LogP contribution in [0.2, 0.25) is 55.9 Å². The van der Waals surface area contributed by atoms with Crippen molar-refractivity contribution in [3.8, 4) is 0 Å². The van der Waals surface area contributed by atoms with Crippen LogP contribution in [-0.4, -0.2) is 32.3 Å². The number of hydrogen-bond donors (Lipinski definition) is 0. The van der Waals surface area contributed by atoms with Crippen LogP contribution in [0.5, 0.6) is 0 Å². The molecule has 0 rings (SSSR count). The summed E-state index contributed by atoms with van der Waals surface area (Å²) in [6, 6.07) is 0. The fourth-order valence-electron chi connectivity index (χ4n) is 3.00. The zero-order chi connectivity index (χ0) is 15.8. The third-order valence-electron chi connectivity index (χ3n) is 5.97. The summed E-state index contributed by atoms with van der Waals surface area (Å²) in [4.78, 5) is 0. The molecule has 0 saturated heterocycles. The summed E-state index contributed by atoms with van der Waals surface area (Å²) in [6.45, 7) is 28.6. The van der Waals surface area contributed by atoms with Gasteiger partial charge in [-0.05, 0) is 0 Å². The molecule has 0 atom stereocenters. The third-order valence-corrected chi connectivity index (χ3v) is 103. The molecule has 0 spiro atoms. The predicted octanol–water partition coefficient (Wildman–Crippen LogP) is 6.07. The Labute approximate surface area is 129 Å². The van der Waals surface area contributed by atoms with Crippen LogP contribution >= 0.6 is 0 Å². The summed E-state index contributed by atoms with van der Waals surface area (Å²) in [5, 5.41) is 0. The van der Waals surface area contributed by atoms with Gasteiger partial charge in [-0.1, -0.05) is 0 Å². The van der Waals surface area contributed by atoms with Crippen LogP contribution in [0, 0.1) is 0 Å². The van der Waals surface area contributed by atoms with Crippen LogP contribution in [-0.2, 0) is 0 Å². The van der Waals surface area contributed by atoms with Crippen LogP contribution < -0.4 is 0 Å². The van der Waals surface area contributed by atoms with Crippen molar-refractivity contribution in [3.05, 3.63) is 0 Å². The molecule has 0 N–H and O–H groups in total. The van der Waals surface area contributed by atoms with Crippen molar-refractivity contribution >= 4 is 32.3 Å². The monoisotopic (exact) mass is 378 g/mol. The summed E-state index contributed by atoms with van der Waals surface area (Å²) >= 11 is -0.705. The normalized spacial score (nSPS) is 15.2. The molecule has 19 heavy (non-hydrogen) atoms. The zero-order valence-corrected chi connectivity index (χ0v) is 20.6. The van der Waals surface area contributed by atoms with Gasteiger partial charge in [0.2, 0.25) is 0 Å². The average molecular weight is 379 g/mol. The Morgan fingerprint density at radius 1 is 0.474 bits per heavy atom. The Hall–Kier alpha value is 1.21. The Morgan fingerprint density at radius 3 is 0.737 bits per heavy atom. The van der Waals surface area contributed by atoms with Gasteiger partial charge in [-0.2, -0.15) is 0 Å². The summed E-state index contributed by atoms with van der Waals surface area (Å²) in [7, 11) is 0. The molecule has 0 nitrogen and oxygen atoms in total. The summed E-state index contributed by atoms with van der Waals surface area (Å²) in [5.41, 5.74) is 2.93. The van der Waals surface area contributed by atoms with Crippen molar-refractivity contribution in [2.45, 2.75) is 97.4 Å². The Bertz CT molecular complexity index is 246. The molecule has 116 valence electrons. The van der Waals surface area contributed by atoms with E-state index in [0.29, 0.717) is 0 Å². The van der Waals surface area contributed by atoms with E-state index in [1.54, 1.807) is 0 Å². The van der Waals surface area contributed by atoms with E-state index in [-0.39, 0.29) is 0 Å². The fraction of sp³-hybridized carbons (Fsp3) is 1.00. The minimum atomic E-state index is -1.04. The van der Waals surface area contributed by atoms with E-state index < -0.39 is 32.3 Å². The first-order valence-electron chi connectivity index (χ1n) is 8.00. The van der Waals surface area contributed by atoms with Crippen LogP contribution in [0.15, 0.2) is 0 Å². The van der Waals surface area contributed by atoms with Gasteiger partial charge in [-0.3, -0.25) is 0 Å². The maximum absolute atomic E-state index is 2.76. The van der Waals surface area contributed by atoms with Crippen molar-refractivity contribution in [1.82, 2.24) is 0 Å². The van der Waals surface area contributed by atoms with E-state index in [0.717, 1.165) is 16.6 Å². The Kier molecular flexibility index (Phi) is 6.96. The average Bonchev–Trinajstić information content (AvgIpc) is 2.14. The van der Waals surface area contributed by atoms with E-state index in [2.05, 4.69) is 80.8 Å². The van der Waals surface area contributed by atoms with Crippen molar-refractivity contribution in [2.75, 3.05) is 0 Å². The minimum absolute atomic E-state index is 0.705. The van der Waals surface area contributed by atoms with Gasteiger partial charge >= 0.3 is 130 Å². The molecule has 0 saturated carbocycles. The standard InChI is InChI=1S/C15H39AsSi3/c1-13(2)17(7,8)16(18(9,10)14(3)4)19(11,12)15(5)6/h13-15H,1-12H3. The maximum atomic E-state index is 2.76. The van der Waals surface area contributed by atoms with E-state index in [1.807, 2.05) is 0 Å². The zero-order valence-electron chi connectivity index (χ0n) is 15.7. The van der Waals surface area contributed by atoms with Crippen LogP contribution in [0.3, 0.4) is 0 Å². The molecule has 0 aromatic rings. The third kappa shape index (κ3) is 4.11. The fourth-order valence-corrected chi connectivity index (χ4v) is 140. The molecular formula is C15H39AsSi3. The van der Waals surface area contributed by atoms with E-state index >= 15 is 0 Å². The summed E-state index contributed by atoms with van der Waals surface area (Å²) < 4.78 is 0. The van der Waals surface area contributed by atoms with Gasteiger partial charge in [0.15, 0.2) is 0 Å². The van der Waals surface area contributed by atoms with Crippen molar-refractivity contribution < 1.29 is 0 Å². The number of hydrogen-bond acceptors (Lipinski definition) is 0. The second kappa shape index (κ2) is 6.54. The molecule has 4 heteroatoms. The van der Waals surface area contributed by atoms with Crippen LogP contribution in [0.25, 0.3) is 0 Å². The van der Waals surface area contributed by atoms with Crippen LogP contribution in [0.4, 0.5) is 0 Å². The van der Waals surface area contributed by atoms with Gasteiger partial charge < -0.3 is 0 Å².